The number of rotatable bonds is 8. The highest BCUT2D eigenvalue weighted by Gasteiger charge is 2.33. The SMILES string of the molecule is Cc1cc(COC2CCN(S(=O)(=O)CC(C)C(=O)N(O)C(C)C)CC2)c2ccccc2n1. The molecule has 1 saturated heterocycles. The summed E-state index contributed by atoms with van der Waals surface area (Å²) < 4.78 is 33.1. The Kier molecular flexibility index (Phi) is 7.87. The summed E-state index contributed by atoms with van der Waals surface area (Å²) in [7, 11) is -3.60. The van der Waals surface area contributed by atoms with Crippen molar-refractivity contribution in [1.82, 2.24) is 14.4 Å². The summed E-state index contributed by atoms with van der Waals surface area (Å²) in [4.78, 5) is 16.8. The summed E-state index contributed by atoms with van der Waals surface area (Å²) in [5.74, 6) is -1.71. The molecule has 2 aromatic rings. The van der Waals surface area contributed by atoms with Crippen LogP contribution in [-0.4, -0.2) is 64.9 Å². The zero-order chi connectivity index (χ0) is 23.5. The number of carbonyl (C=O) groups is 1. The molecule has 1 aliphatic heterocycles. The first-order valence-corrected chi connectivity index (χ1v) is 12.7. The van der Waals surface area contributed by atoms with Gasteiger partial charge >= 0.3 is 0 Å². The molecule has 1 aromatic carbocycles. The molecule has 2 heterocycles. The predicted molar refractivity (Wildman–Crippen MR) is 123 cm³/mol. The quantitative estimate of drug-likeness (QED) is 0.477. The van der Waals surface area contributed by atoms with Crippen molar-refractivity contribution in [2.24, 2.45) is 5.92 Å². The number of nitrogens with zero attached hydrogens (tertiary/aromatic N) is 3. The first kappa shape index (κ1) is 24.6. The molecule has 8 nitrogen and oxygen atoms in total. The summed E-state index contributed by atoms with van der Waals surface area (Å²) in [6.07, 6.45) is 1.17. The normalized spacial score (nSPS) is 17.1. The first-order chi connectivity index (χ1) is 15.1. The van der Waals surface area contributed by atoms with Crippen LogP contribution in [0.4, 0.5) is 0 Å². The molecular formula is C23H33N3O5S. The highest BCUT2D eigenvalue weighted by atomic mass is 32.2. The molecule has 1 fully saturated rings. The van der Waals surface area contributed by atoms with Crippen molar-refractivity contribution >= 4 is 26.8 Å². The van der Waals surface area contributed by atoms with Gasteiger partial charge in [-0.3, -0.25) is 15.0 Å². The van der Waals surface area contributed by atoms with Crippen molar-refractivity contribution in [3.05, 3.63) is 41.6 Å². The Morgan fingerprint density at radius 1 is 1.25 bits per heavy atom. The van der Waals surface area contributed by atoms with Gasteiger partial charge in [0.25, 0.3) is 0 Å². The van der Waals surface area contributed by atoms with E-state index in [1.807, 2.05) is 37.3 Å². The van der Waals surface area contributed by atoms with Crippen molar-refractivity contribution in [3.63, 3.8) is 0 Å². The highest BCUT2D eigenvalue weighted by molar-refractivity contribution is 7.89. The molecule has 176 valence electrons. The van der Waals surface area contributed by atoms with Crippen LogP contribution >= 0.6 is 0 Å². The molecule has 0 bridgehead atoms. The van der Waals surface area contributed by atoms with Gasteiger partial charge in [0.15, 0.2) is 0 Å². The third-order valence-corrected chi connectivity index (χ3v) is 7.87. The average Bonchev–Trinajstić information content (AvgIpc) is 2.76. The van der Waals surface area contributed by atoms with Crippen LogP contribution in [0.15, 0.2) is 30.3 Å². The maximum atomic E-state index is 12.8. The molecule has 1 aliphatic rings. The van der Waals surface area contributed by atoms with Crippen LogP contribution in [-0.2, 0) is 26.2 Å². The van der Waals surface area contributed by atoms with E-state index in [4.69, 9.17) is 4.74 Å². The molecule has 3 rings (SSSR count). The Labute approximate surface area is 190 Å². The second-order valence-electron chi connectivity index (χ2n) is 8.81. The zero-order valence-corrected chi connectivity index (χ0v) is 20.0. The van der Waals surface area contributed by atoms with Crippen LogP contribution < -0.4 is 0 Å². The molecular weight excluding hydrogens is 430 g/mol. The number of carbonyl (C=O) groups excluding carboxylic acids is 1. The number of hydroxylamine groups is 2. The second kappa shape index (κ2) is 10.2. The smallest absolute Gasteiger partial charge is 0.250 e. The Morgan fingerprint density at radius 3 is 2.56 bits per heavy atom. The molecule has 0 spiro atoms. The molecule has 0 saturated carbocycles. The van der Waals surface area contributed by atoms with E-state index in [0.29, 0.717) is 37.6 Å². The minimum Gasteiger partial charge on any atom is -0.373 e. The van der Waals surface area contributed by atoms with E-state index in [9.17, 15) is 18.4 Å². The average molecular weight is 464 g/mol. The minimum atomic E-state index is -3.60. The third-order valence-electron chi connectivity index (χ3n) is 5.80. The van der Waals surface area contributed by atoms with E-state index < -0.39 is 27.9 Å². The Hall–Kier alpha value is -2.07. The number of para-hydroxylation sites is 1. The van der Waals surface area contributed by atoms with E-state index >= 15 is 0 Å². The van der Waals surface area contributed by atoms with Gasteiger partial charge in [0.2, 0.25) is 15.9 Å². The van der Waals surface area contributed by atoms with E-state index in [0.717, 1.165) is 22.2 Å². The van der Waals surface area contributed by atoms with Crippen molar-refractivity contribution in [2.45, 2.75) is 59.3 Å². The predicted octanol–water partition coefficient (Wildman–Crippen LogP) is 3.12. The summed E-state index contributed by atoms with van der Waals surface area (Å²) in [6, 6.07) is 9.59. The number of ether oxygens (including phenoxy) is 1. The largest absolute Gasteiger partial charge is 0.373 e. The molecule has 32 heavy (non-hydrogen) atoms. The lowest BCUT2D eigenvalue weighted by atomic mass is 10.1. The van der Waals surface area contributed by atoms with Gasteiger partial charge in [-0.05, 0) is 51.3 Å². The van der Waals surface area contributed by atoms with Gasteiger partial charge in [-0.15, -0.1) is 0 Å². The summed E-state index contributed by atoms with van der Waals surface area (Å²) in [5.41, 5.74) is 2.95. The number of aryl methyl sites for hydroxylation is 1. The fourth-order valence-corrected chi connectivity index (χ4v) is 5.72. The third kappa shape index (κ3) is 5.83. The minimum absolute atomic E-state index is 0.0263. The fourth-order valence-electron chi connectivity index (χ4n) is 3.97. The first-order valence-electron chi connectivity index (χ1n) is 11.0. The van der Waals surface area contributed by atoms with E-state index in [2.05, 4.69) is 4.98 Å². The fraction of sp³-hybridized carbons (Fsp3) is 0.565. The summed E-state index contributed by atoms with van der Waals surface area (Å²) >= 11 is 0. The summed E-state index contributed by atoms with van der Waals surface area (Å²) in [6.45, 7) is 7.99. The number of amides is 1. The molecule has 1 atom stereocenters. The van der Waals surface area contributed by atoms with E-state index in [1.165, 1.54) is 11.2 Å². The highest BCUT2D eigenvalue weighted by Crippen LogP contribution is 2.23. The van der Waals surface area contributed by atoms with Crippen molar-refractivity contribution < 1.29 is 23.2 Å². The number of fused-ring (bicyclic) bond motifs is 1. The lowest BCUT2D eigenvalue weighted by Crippen LogP contribution is -2.45. The van der Waals surface area contributed by atoms with Gasteiger partial charge in [-0.25, -0.2) is 17.8 Å². The number of piperidine rings is 1. The Bertz CT molecular complexity index is 1050. The molecule has 9 heteroatoms. The Balaban J connectivity index is 1.54. The Morgan fingerprint density at radius 2 is 1.91 bits per heavy atom. The van der Waals surface area contributed by atoms with Gasteiger partial charge in [0.05, 0.1) is 35.9 Å². The van der Waals surface area contributed by atoms with Crippen LogP contribution in [0.25, 0.3) is 10.9 Å². The maximum Gasteiger partial charge on any atom is 0.250 e. The number of hydrogen-bond acceptors (Lipinski definition) is 6. The molecule has 0 aliphatic carbocycles. The van der Waals surface area contributed by atoms with Gasteiger partial charge < -0.3 is 4.74 Å². The van der Waals surface area contributed by atoms with Crippen LogP contribution in [0, 0.1) is 12.8 Å². The van der Waals surface area contributed by atoms with Gasteiger partial charge in [-0.2, -0.15) is 0 Å². The number of benzene rings is 1. The van der Waals surface area contributed by atoms with Gasteiger partial charge in [0.1, 0.15) is 0 Å². The maximum absolute atomic E-state index is 12.8. The second-order valence-corrected chi connectivity index (χ2v) is 10.8. The molecule has 0 radical (unpaired) electrons. The lowest BCUT2D eigenvalue weighted by Gasteiger charge is -2.32. The van der Waals surface area contributed by atoms with E-state index in [-0.39, 0.29) is 11.9 Å². The monoisotopic (exact) mass is 463 g/mol. The van der Waals surface area contributed by atoms with E-state index in [1.54, 1.807) is 13.8 Å². The molecule has 1 amide bonds. The van der Waals surface area contributed by atoms with Crippen LogP contribution in [0.1, 0.15) is 44.9 Å². The van der Waals surface area contributed by atoms with Crippen LogP contribution in [0.5, 0.6) is 0 Å². The number of pyridine rings is 1. The van der Waals surface area contributed by atoms with Crippen molar-refractivity contribution in [1.29, 1.82) is 0 Å². The zero-order valence-electron chi connectivity index (χ0n) is 19.2. The van der Waals surface area contributed by atoms with Gasteiger partial charge in [-0.1, -0.05) is 25.1 Å². The standard InChI is InChI=1S/C23H33N3O5S/c1-16(2)26(28)23(27)17(3)15-32(29,30)25-11-9-20(10-12-25)31-14-19-13-18(4)24-22-8-6-5-7-21(19)22/h5-8,13,16-17,20,28H,9-12,14-15H2,1-4H3. The molecule has 1 unspecified atom stereocenters. The summed E-state index contributed by atoms with van der Waals surface area (Å²) in [5, 5.41) is 11.5. The van der Waals surface area contributed by atoms with Crippen LogP contribution in [0.3, 0.4) is 0 Å². The van der Waals surface area contributed by atoms with Crippen molar-refractivity contribution in [3.8, 4) is 0 Å². The molecule has 1 N–H and O–H groups in total. The molecule has 1 aromatic heterocycles. The number of aromatic nitrogens is 1. The van der Waals surface area contributed by atoms with Gasteiger partial charge in [0, 0.05) is 24.2 Å². The van der Waals surface area contributed by atoms with Crippen molar-refractivity contribution in [2.75, 3.05) is 18.8 Å². The van der Waals surface area contributed by atoms with Crippen LogP contribution in [0.2, 0.25) is 0 Å². The topological polar surface area (TPSA) is 100 Å². The number of sulfonamides is 1. The lowest BCUT2D eigenvalue weighted by molar-refractivity contribution is -0.176. The number of hydrogen-bond donors (Lipinski definition) is 1.